The van der Waals surface area contributed by atoms with Crippen molar-refractivity contribution in [1.82, 2.24) is 20.3 Å². The number of hydrogen-bond donors (Lipinski definition) is 2. The SMILES string of the molecule is CC[C@@H]1CNCCN1c1cc(C(F)(F)F)cc(-c2ncnc3c2C(C)CC(=O)N3)n1. The fraction of sp³-hybridized carbons (Fsp3) is 0.500. The van der Waals surface area contributed by atoms with E-state index in [2.05, 4.69) is 25.6 Å². The quantitative estimate of drug-likeness (QED) is 0.794. The number of piperazine rings is 1. The van der Waals surface area contributed by atoms with Crippen LogP contribution in [0.4, 0.5) is 24.8 Å². The van der Waals surface area contributed by atoms with Crippen LogP contribution in [0, 0.1) is 0 Å². The van der Waals surface area contributed by atoms with E-state index in [1.807, 2.05) is 18.7 Å². The molecular weight excluding hydrogens is 397 g/mol. The lowest BCUT2D eigenvalue weighted by molar-refractivity contribution is -0.137. The number of nitrogens with zero attached hydrogens (tertiary/aromatic N) is 4. The van der Waals surface area contributed by atoms with Gasteiger partial charge in [0.25, 0.3) is 0 Å². The molecule has 7 nitrogen and oxygen atoms in total. The largest absolute Gasteiger partial charge is 0.416 e. The molecule has 4 heterocycles. The number of amides is 1. The summed E-state index contributed by atoms with van der Waals surface area (Å²) in [7, 11) is 0. The topological polar surface area (TPSA) is 83.0 Å². The van der Waals surface area contributed by atoms with Gasteiger partial charge < -0.3 is 15.5 Å². The highest BCUT2D eigenvalue weighted by Gasteiger charge is 2.35. The summed E-state index contributed by atoms with van der Waals surface area (Å²) in [4.78, 5) is 26.7. The van der Waals surface area contributed by atoms with Gasteiger partial charge in [-0.2, -0.15) is 13.2 Å². The minimum absolute atomic E-state index is 0.0557. The van der Waals surface area contributed by atoms with E-state index in [-0.39, 0.29) is 35.8 Å². The summed E-state index contributed by atoms with van der Waals surface area (Å²) in [6.45, 7) is 5.78. The number of anilines is 2. The van der Waals surface area contributed by atoms with Crippen LogP contribution in [0.25, 0.3) is 11.4 Å². The van der Waals surface area contributed by atoms with E-state index in [9.17, 15) is 18.0 Å². The molecule has 2 aromatic heterocycles. The van der Waals surface area contributed by atoms with Crippen LogP contribution in [0.15, 0.2) is 18.5 Å². The second-order valence-electron chi connectivity index (χ2n) is 7.69. The van der Waals surface area contributed by atoms with Crippen LogP contribution in [0.5, 0.6) is 0 Å². The van der Waals surface area contributed by atoms with Gasteiger partial charge in [-0.1, -0.05) is 13.8 Å². The summed E-state index contributed by atoms with van der Waals surface area (Å²) in [6.07, 6.45) is -2.27. The van der Waals surface area contributed by atoms with Gasteiger partial charge in [-0.15, -0.1) is 0 Å². The van der Waals surface area contributed by atoms with E-state index >= 15 is 0 Å². The number of alkyl halides is 3. The Morgan fingerprint density at radius 1 is 1.27 bits per heavy atom. The highest BCUT2D eigenvalue weighted by molar-refractivity contribution is 5.94. The molecule has 10 heteroatoms. The number of nitrogens with one attached hydrogen (secondary N) is 2. The van der Waals surface area contributed by atoms with Crippen LogP contribution < -0.4 is 15.5 Å². The molecule has 1 amide bonds. The Morgan fingerprint density at radius 3 is 2.80 bits per heavy atom. The molecule has 1 unspecified atom stereocenters. The van der Waals surface area contributed by atoms with Gasteiger partial charge in [0.2, 0.25) is 5.91 Å². The number of carbonyl (C=O) groups is 1. The highest BCUT2D eigenvalue weighted by Crippen LogP contribution is 2.39. The molecule has 2 N–H and O–H groups in total. The fourth-order valence-corrected chi connectivity index (χ4v) is 4.10. The zero-order chi connectivity index (χ0) is 21.5. The molecule has 2 aliphatic rings. The Bertz CT molecular complexity index is 964. The van der Waals surface area contributed by atoms with Crippen LogP contribution >= 0.6 is 0 Å². The molecule has 0 saturated carbocycles. The van der Waals surface area contributed by atoms with E-state index in [1.54, 1.807) is 0 Å². The van der Waals surface area contributed by atoms with Crippen LogP contribution in [-0.4, -0.2) is 46.5 Å². The molecule has 0 bridgehead atoms. The summed E-state index contributed by atoms with van der Waals surface area (Å²) in [6, 6.07) is 2.19. The van der Waals surface area contributed by atoms with Crippen molar-refractivity contribution in [2.24, 2.45) is 0 Å². The Morgan fingerprint density at radius 2 is 2.07 bits per heavy atom. The van der Waals surface area contributed by atoms with Gasteiger partial charge in [-0.05, 0) is 24.5 Å². The highest BCUT2D eigenvalue weighted by atomic mass is 19.4. The van der Waals surface area contributed by atoms with E-state index < -0.39 is 11.7 Å². The van der Waals surface area contributed by atoms with E-state index in [4.69, 9.17) is 0 Å². The molecule has 2 aliphatic heterocycles. The monoisotopic (exact) mass is 420 g/mol. The van der Waals surface area contributed by atoms with Crippen LogP contribution in [0.2, 0.25) is 0 Å². The molecule has 2 aromatic rings. The number of carbonyl (C=O) groups excluding carboxylic acids is 1. The normalized spacial score (nSPS) is 21.9. The molecule has 2 atom stereocenters. The van der Waals surface area contributed by atoms with Gasteiger partial charge >= 0.3 is 6.18 Å². The zero-order valence-corrected chi connectivity index (χ0v) is 16.8. The van der Waals surface area contributed by atoms with Crippen molar-refractivity contribution in [2.75, 3.05) is 29.9 Å². The van der Waals surface area contributed by atoms with E-state index in [0.717, 1.165) is 18.6 Å². The summed E-state index contributed by atoms with van der Waals surface area (Å²) in [5.74, 6) is 0.211. The lowest BCUT2D eigenvalue weighted by Gasteiger charge is -2.37. The Hall–Kier alpha value is -2.75. The smallest absolute Gasteiger partial charge is 0.351 e. The third-order valence-electron chi connectivity index (χ3n) is 5.62. The molecule has 4 rings (SSSR count). The molecule has 1 saturated heterocycles. The Balaban J connectivity index is 1.87. The van der Waals surface area contributed by atoms with Gasteiger partial charge in [0.1, 0.15) is 18.0 Å². The molecule has 160 valence electrons. The van der Waals surface area contributed by atoms with Crippen molar-refractivity contribution in [1.29, 1.82) is 0 Å². The number of pyridine rings is 1. The first-order valence-corrected chi connectivity index (χ1v) is 9.99. The first-order valence-electron chi connectivity index (χ1n) is 9.99. The van der Waals surface area contributed by atoms with Crippen LogP contribution in [-0.2, 0) is 11.0 Å². The maximum absolute atomic E-state index is 13.7. The second kappa shape index (κ2) is 7.82. The third-order valence-corrected chi connectivity index (χ3v) is 5.62. The maximum atomic E-state index is 13.7. The molecule has 0 aliphatic carbocycles. The molecule has 0 spiro atoms. The van der Waals surface area contributed by atoms with E-state index in [0.29, 0.717) is 36.7 Å². The number of halogens is 3. The molecule has 0 aromatic carbocycles. The predicted molar refractivity (Wildman–Crippen MR) is 106 cm³/mol. The van der Waals surface area contributed by atoms with Gasteiger partial charge in [0, 0.05) is 37.7 Å². The van der Waals surface area contributed by atoms with Crippen molar-refractivity contribution >= 4 is 17.5 Å². The number of aromatic nitrogens is 3. The van der Waals surface area contributed by atoms with Crippen LogP contribution in [0.3, 0.4) is 0 Å². The molecule has 30 heavy (non-hydrogen) atoms. The summed E-state index contributed by atoms with van der Waals surface area (Å²) in [5.41, 5.74) is 0.302. The molecule has 0 radical (unpaired) electrons. The fourth-order valence-electron chi connectivity index (χ4n) is 4.10. The third kappa shape index (κ3) is 3.83. The molecule has 1 fully saturated rings. The first kappa shape index (κ1) is 20.5. The number of rotatable bonds is 3. The van der Waals surface area contributed by atoms with Crippen molar-refractivity contribution in [3.63, 3.8) is 0 Å². The van der Waals surface area contributed by atoms with E-state index in [1.165, 1.54) is 6.33 Å². The van der Waals surface area contributed by atoms with Crippen molar-refractivity contribution < 1.29 is 18.0 Å². The summed E-state index contributed by atoms with van der Waals surface area (Å²) >= 11 is 0. The van der Waals surface area contributed by atoms with Crippen LogP contribution in [0.1, 0.15) is 43.7 Å². The number of hydrogen-bond acceptors (Lipinski definition) is 6. The second-order valence-corrected chi connectivity index (χ2v) is 7.69. The van der Waals surface area contributed by atoms with Crippen molar-refractivity contribution in [3.8, 4) is 11.4 Å². The average molecular weight is 420 g/mol. The molecular formula is C20H23F3N6O. The maximum Gasteiger partial charge on any atom is 0.416 e. The lowest BCUT2D eigenvalue weighted by atomic mass is 9.91. The van der Waals surface area contributed by atoms with Crippen molar-refractivity contribution in [3.05, 3.63) is 29.6 Å². The zero-order valence-electron chi connectivity index (χ0n) is 16.8. The summed E-state index contributed by atoms with van der Waals surface area (Å²) in [5, 5.41) is 5.96. The van der Waals surface area contributed by atoms with Gasteiger partial charge in [-0.25, -0.2) is 15.0 Å². The van der Waals surface area contributed by atoms with Gasteiger partial charge in [0.05, 0.1) is 17.0 Å². The Labute approximate surface area is 172 Å². The van der Waals surface area contributed by atoms with Gasteiger partial charge in [-0.3, -0.25) is 4.79 Å². The summed E-state index contributed by atoms with van der Waals surface area (Å²) < 4.78 is 41.2. The minimum atomic E-state index is -4.52. The first-order chi connectivity index (χ1) is 14.3. The van der Waals surface area contributed by atoms with Crippen molar-refractivity contribution in [2.45, 2.75) is 44.8 Å². The standard InChI is InChI=1S/C20H23F3N6O/c1-3-13-9-24-4-5-29(13)15-8-12(20(21,22)23)7-14(27-15)18-17-11(2)6-16(30)28-19(17)26-10-25-18/h7-8,10-11,13,24H,3-6,9H2,1-2H3,(H,25,26,28,30)/t11?,13-/m1/s1. The minimum Gasteiger partial charge on any atom is -0.351 e. The van der Waals surface area contributed by atoms with Gasteiger partial charge in [0.15, 0.2) is 0 Å². The average Bonchev–Trinajstić information content (AvgIpc) is 2.72. The number of fused-ring (bicyclic) bond motifs is 1. The Kier molecular flexibility index (Phi) is 5.35. The predicted octanol–water partition coefficient (Wildman–Crippen LogP) is 3.19. The lowest BCUT2D eigenvalue weighted by Crippen LogP contribution is -2.51.